The highest BCUT2D eigenvalue weighted by molar-refractivity contribution is 6.04. The van der Waals surface area contributed by atoms with E-state index in [1.54, 1.807) is 14.0 Å². The summed E-state index contributed by atoms with van der Waals surface area (Å²) in [7, 11) is 1.56. The number of hydrogen-bond donors (Lipinski definition) is 2. The first-order valence-corrected chi connectivity index (χ1v) is 5.59. The maximum Gasteiger partial charge on any atom is 0.322 e. The van der Waals surface area contributed by atoms with Crippen molar-refractivity contribution >= 4 is 23.3 Å². The molecule has 0 aliphatic carbocycles. The molecule has 0 spiro atoms. The molecule has 0 unspecified atom stereocenters. The Morgan fingerprint density at radius 2 is 2.15 bits per heavy atom. The van der Waals surface area contributed by atoms with Crippen LogP contribution in [0.1, 0.15) is 16.2 Å². The van der Waals surface area contributed by atoms with E-state index in [1.807, 2.05) is 0 Å². The Balaban J connectivity index is 2.26. The van der Waals surface area contributed by atoms with Gasteiger partial charge in [0.1, 0.15) is 5.69 Å². The highest BCUT2D eigenvalue weighted by Crippen LogP contribution is 2.25. The van der Waals surface area contributed by atoms with Crippen molar-refractivity contribution in [3.63, 3.8) is 0 Å². The molecule has 104 valence electrons. The number of aryl methyl sites for hydroxylation is 1. The number of carbonyl (C=O) groups is 1. The van der Waals surface area contributed by atoms with Crippen molar-refractivity contribution in [1.29, 1.82) is 0 Å². The second-order valence-electron chi connectivity index (χ2n) is 3.82. The summed E-state index contributed by atoms with van der Waals surface area (Å²) < 4.78 is 5.00. The Morgan fingerprint density at radius 3 is 2.70 bits per heavy atom. The van der Waals surface area contributed by atoms with Crippen LogP contribution in [0.4, 0.5) is 17.4 Å². The maximum atomic E-state index is 11.9. The Morgan fingerprint density at radius 1 is 1.40 bits per heavy atom. The van der Waals surface area contributed by atoms with Gasteiger partial charge in [0.05, 0.1) is 4.92 Å². The fourth-order valence-corrected chi connectivity index (χ4v) is 1.55. The largest absolute Gasteiger partial charge is 0.408 e. The Kier molecular flexibility index (Phi) is 3.60. The maximum absolute atomic E-state index is 11.9. The Labute approximate surface area is 113 Å². The second-order valence-corrected chi connectivity index (χ2v) is 3.82. The standard InChI is InChI=1S/C11H11N5O4/c1-6-14-15-11(20-6)13-10(17)7-3-4-8(12-2)9(5-7)16(18)19/h3-5,12H,1-2H3,(H,13,15,17). The lowest BCUT2D eigenvalue weighted by Gasteiger charge is -2.04. The van der Waals surface area contributed by atoms with E-state index in [0.717, 1.165) is 0 Å². The minimum atomic E-state index is -0.570. The zero-order chi connectivity index (χ0) is 14.7. The van der Waals surface area contributed by atoms with E-state index in [-0.39, 0.29) is 17.3 Å². The fourth-order valence-electron chi connectivity index (χ4n) is 1.55. The van der Waals surface area contributed by atoms with Crippen LogP contribution in [0.3, 0.4) is 0 Å². The van der Waals surface area contributed by atoms with Gasteiger partial charge in [0.25, 0.3) is 11.6 Å². The van der Waals surface area contributed by atoms with Crippen molar-refractivity contribution in [2.45, 2.75) is 6.92 Å². The third kappa shape index (κ3) is 2.71. The molecular formula is C11H11N5O4. The average molecular weight is 277 g/mol. The van der Waals surface area contributed by atoms with Crippen LogP contribution in [0, 0.1) is 17.0 Å². The molecule has 0 saturated carbocycles. The Bertz CT molecular complexity index is 667. The van der Waals surface area contributed by atoms with Gasteiger partial charge in [-0.15, -0.1) is 5.10 Å². The van der Waals surface area contributed by atoms with E-state index in [4.69, 9.17) is 4.42 Å². The summed E-state index contributed by atoms with van der Waals surface area (Å²) in [5.74, 6) is -0.267. The molecule has 2 N–H and O–H groups in total. The number of carbonyl (C=O) groups excluding carboxylic acids is 1. The second kappa shape index (κ2) is 5.34. The number of amides is 1. The molecular weight excluding hydrogens is 266 g/mol. The topological polar surface area (TPSA) is 123 Å². The van der Waals surface area contributed by atoms with Gasteiger partial charge in [0.2, 0.25) is 5.89 Å². The lowest BCUT2D eigenvalue weighted by Crippen LogP contribution is -2.12. The number of aromatic nitrogens is 2. The number of rotatable bonds is 4. The van der Waals surface area contributed by atoms with Crippen molar-refractivity contribution in [1.82, 2.24) is 10.2 Å². The zero-order valence-corrected chi connectivity index (χ0v) is 10.7. The van der Waals surface area contributed by atoms with E-state index in [1.165, 1.54) is 18.2 Å². The summed E-state index contributed by atoms with van der Waals surface area (Å²) in [4.78, 5) is 22.3. The molecule has 2 rings (SSSR count). The smallest absolute Gasteiger partial charge is 0.322 e. The predicted molar refractivity (Wildman–Crippen MR) is 69.6 cm³/mol. The molecule has 20 heavy (non-hydrogen) atoms. The highest BCUT2D eigenvalue weighted by atomic mass is 16.6. The quantitative estimate of drug-likeness (QED) is 0.642. The van der Waals surface area contributed by atoms with Crippen LogP contribution in [-0.4, -0.2) is 28.1 Å². The first-order chi connectivity index (χ1) is 9.51. The normalized spacial score (nSPS) is 10.1. The van der Waals surface area contributed by atoms with Gasteiger partial charge in [0.15, 0.2) is 0 Å². The van der Waals surface area contributed by atoms with Gasteiger partial charge < -0.3 is 9.73 Å². The first-order valence-electron chi connectivity index (χ1n) is 5.59. The summed E-state index contributed by atoms with van der Waals surface area (Å²) in [6, 6.07) is 4.02. The minimum absolute atomic E-state index is 0.0622. The van der Waals surface area contributed by atoms with E-state index < -0.39 is 10.8 Å². The summed E-state index contributed by atoms with van der Waals surface area (Å²) >= 11 is 0. The fraction of sp³-hybridized carbons (Fsp3) is 0.182. The van der Waals surface area contributed by atoms with Crippen molar-refractivity contribution in [3.05, 3.63) is 39.8 Å². The average Bonchev–Trinajstić information content (AvgIpc) is 2.83. The molecule has 0 atom stereocenters. The number of hydrogen-bond acceptors (Lipinski definition) is 7. The van der Waals surface area contributed by atoms with Crippen LogP contribution < -0.4 is 10.6 Å². The van der Waals surface area contributed by atoms with Crippen LogP contribution in [0.15, 0.2) is 22.6 Å². The summed E-state index contributed by atoms with van der Waals surface area (Å²) in [6.07, 6.45) is 0. The van der Waals surface area contributed by atoms with Gasteiger partial charge in [-0.1, -0.05) is 5.10 Å². The Hall–Kier alpha value is -2.97. The van der Waals surface area contributed by atoms with Gasteiger partial charge in [-0.2, -0.15) is 0 Å². The van der Waals surface area contributed by atoms with Gasteiger partial charge in [-0.3, -0.25) is 20.2 Å². The molecule has 1 amide bonds. The van der Waals surface area contributed by atoms with Crippen LogP contribution in [0.25, 0.3) is 0 Å². The summed E-state index contributed by atoms with van der Waals surface area (Å²) in [5.41, 5.74) is 0.244. The number of benzene rings is 1. The molecule has 1 aromatic carbocycles. The van der Waals surface area contributed by atoms with Crippen molar-refractivity contribution in [3.8, 4) is 0 Å². The molecule has 1 aromatic heterocycles. The SMILES string of the molecule is CNc1ccc(C(=O)Nc2nnc(C)o2)cc1[N+](=O)[O-]. The van der Waals surface area contributed by atoms with Gasteiger partial charge >= 0.3 is 6.01 Å². The molecule has 0 aliphatic heterocycles. The van der Waals surface area contributed by atoms with E-state index in [2.05, 4.69) is 20.8 Å². The highest BCUT2D eigenvalue weighted by Gasteiger charge is 2.18. The minimum Gasteiger partial charge on any atom is -0.408 e. The number of nitro benzene ring substituents is 1. The lowest BCUT2D eigenvalue weighted by atomic mass is 10.1. The zero-order valence-electron chi connectivity index (χ0n) is 10.7. The summed E-state index contributed by atoms with van der Waals surface area (Å²) in [6.45, 7) is 1.58. The molecule has 0 radical (unpaired) electrons. The number of nitrogens with one attached hydrogen (secondary N) is 2. The van der Waals surface area contributed by atoms with Crippen molar-refractivity contribution < 1.29 is 14.1 Å². The van der Waals surface area contributed by atoms with Gasteiger partial charge in [0, 0.05) is 25.6 Å². The number of anilines is 2. The molecule has 2 aromatic rings. The molecule has 9 heteroatoms. The lowest BCUT2D eigenvalue weighted by molar-refractivity contribution is -0.384. The van der Waals surface area contributed by atoms with E-state index in [0.29, 0.717) is 11.6 Å². The third-order valence-corrected chi connectivity index (χ3v) is 2.47. The molecule has 0 bridgehead atoms. The van der Waals surface area contributed by atoms with Crippen LogP contribution in [0.2, 0.25) is 0 Å². The number of nitro groups is 1. The first kappa shape index (κ1) is 13.5. The van der Waals surface area contributed by atoms with Gasteiger partial charge in [-0.25, -0.2) is 0 Å². The molecule has 0 fully saturated rings. The van der Waals surface area contributed by atoms with Crippen LogP contribution in [-0.2, 0) is 0 Å². The molecule has 0 saturated heterocycles. The van der Waals surface area contributed by atoms with E-state index >= 15 is 0 Å². The van der Waals surface area contributed by atoms with Crippen molar-refractivity contribution in [2.24, 2.45) is 0 Å². The van der Waals surface area contributed by atoms with Gasteiger partial charge in [-0.05, 0) is 12.1 Å². The van der Waals surface area contributed by atoms with Crippen molar-refractivity contribution in [2.75, 3.05) is 17.7 Å². The molecule has 9 nitrogen and oxygen atoms in total. The van der Waals surface area contributed by atoms with Crippen LogP contribution in [0.5, 0.6) is 0 Å². The molecule has 1 heterocycles. The third-order valence-electron chi connectivity index (χ3n) is 2.47. The molecule has 0 aliphatic rings. The summed E-state index contributed by atoms with van der Waals surface area (Å²) in [5, 5.41) is 23.1. The monoisotopic (exact) mass is 277 g/mol. The predicted octanol–water partition coefficient (Wildman–Crippen LogP) is 1.58. The van der Waals surface area contributed by atoms with E-state index in [9.17, 15) is 14.9 Å². The van der Waals surface area contributed by atoms with Crippen LogP contribution >= 0.6 is 0 Å². The number of nitrogens with zero attached hydrogens (tertiary/aromatic N) is 3.